The quantitative estimate of drug-likeness (QED) is 0.869. The van der Waals surface area contributed by atoms with Crippen LogP contribution in [0.2, 0.25) is 5.02 Å². The fourth-order valence-corrected chi connectivity index (χ4v) is 2.46. The van der Waals surface area contributed by atoms with Gasteiger partial charge in [0.05, 0.1) is 29.7 Å². The average Bonchev–Trinajstić information content (AvgIpc) is 2.60. The van der Waals surface area contributed by atoms with Crippen molar-refractivity contribution in [1.82, 2.24) is 0 Å². The largest absolute Gasteiger partial charge is 0.496 e. The Hall–Kier alpha value is -2.46. The van der Waals surface area contributed by atoms with Crippen molar-refractivity contribution in [2.75, 3.05) is 17.7 Å². The van der Waals surface area contributed by atoms with Crippen molar-refractivity contribution >= 4 is 40.6 Å². The molecule has 2 aromatic carbocycles. The number of halogens is 1. The molecule has 0 fully saturated rings. The maximum Gasteiger partial charge on any atom is 0.257 e. The highest BCUT2D eigenvalue weighted by Crippen LogP contribution is 2.37. The van der Waals surface area contributed by atoms with E-state index in [1.54, 1.807) is 37.5 Å². The number of fused-ring (bicyclic) bond motifs is 2. The van der Waals surface area contributed by atoms with Gasteiger partial charge in [-0.25, -0.2) is 0 Å². The Balaban J connectivity index is 2.17. The number of rotatable bonds is 2. The van der Waals surface area contributed by atoms with Crippen molar-refractivity contribution in [2.24, 2.45) is 0 Å². The normalized spacial score (nSPS) is 12.4. The molecule has 3 rings (SSSR count). The molecule has 1 aliphatic heterocycles. The first-order chi connectivity index (χ1) is 10.1. The molecule has 4 nitrogen and oxygen atoms in total. The number of benzene rings is 2. The highest BCUT2D eigenvalue weighted by molar-refractivity contribution is 6.31. The van der Waals surface area contributed by atoms with Gasteiger partial charge in [0.2, 0.25) is 0 Å². The lowest BCUT2D eigenvalue weighted by Gasteiger charge is -2.13. The molecule has 0 unspecified atom stereocenters. The highest BCUT2D eigenvalue weighted by atomic mass is 35.5. The first-order valence-corrected chi connectivity index (χ1v) is 6.72. The maximum atomic E-state index is 12.3. The molecule has 0 saturated heterocycles. The van der Waals surface area contributed by atoms with Gasteiger partial charge in [0, 0.05) is 16.7 Å². The Morgan fingerprint density at radius 1 is 1.14 bits per heavy atom. The first-order valence-electron chi connectivity index (χ1n) is 6.35. The molecule has 1 heterocycles. The summed E-state index contributed by atoms with van der Waals surface area (Å²) >= 11 is 6.00. The summed E-state index contributed by atoms with van der Waals surface area (Å²) in [6.45, 7) is 3.77. The molecule has 5 heteroatoms. The van der Waals surface area contributed by atoms with Gasteiger partial charge < -0.3 is 15.4 Å². The summed E-state index contributed by atoms with van der Waals surface area (Å²) in [5.74, 6) is 0.455. The summed E-state index contributed by atoms with van der Waals surface area (Å²) in [6, 6.07) is 8.75. The van der Waals surface area contributed by atoms with Gasteiger partial charge in [0.25, 0.3) is 5.91 Å². The topological polar surface area (TPSA) is 50.4 Å². The van der Waals surface area contributed by atoms with Crippen molar-refractivity contribution in [3.8, 4) is 5.75 Å². The second kappa shape index (κ2) is 5.14. The van der Waals surface area contributed by atoms with Gasteiger partial charge in [-0.15, -0.1) is 0 Å². The molecule has 0 atom stereocenters. The summed E-state index contributed by atoms with van der Waals surface area (Å²) in [6.07, 6.45) is 1.70. The number of methoxy groups -OCH3 is 1. The average molecular weight is 301 g/mol. The molecule has 0 radical (unpaired) electrons. The minimum Gasteiger partial charge on any atom is -0.496 e. The fourth-order valence-electron chi connectivity index (χ4n) is 2.29. The van der Waals surface area contributed by atoms with E-state index in [4.69, 9.17) is 16.3 Å². The van der Waals surface area contributed by atoms with E-state index in [-0.39, 0.29) is 5.91 Å². The number of carbonyl (C=O) groups excluding carboxylic acids is 1. The highest BCUT2D eigenvalue weighted by Gasteiger charge is 2.20. The predicted octanol–water partition coefficient (Wildman–Crippen LogP) is 4.30. The lowest BCUT2D eigenvalue weighted by Crippen LogP contribution is -2.10. The number of anilines is 3. The summed E-state index contributed by atoms with van der Waals surface area (Å²) < 4.78 is 5.30. The van der Waals surface area contributed by atoms with Gasteiger partial charge in [0.15, 0.2) is 0 Å². The number of hydrogen-bond donors (Lipinski definition) is 2. The van der Waals surface area contributed by atoms with E-state index in [0.29, 0.717) is 27.7 Å². The molecule has 1 amide bonds. The lowest BCUT2D eigenvalue weighted by molar-refractivity contribution is 0.102. The Kier molecular flexibility index (Phi) is 3.31. The van der Waals surface area contributed by atoms with Crippen LogP contribution in [0.25, 0.3) is 6.08 Å². The molecular formula is C16H13ClN2O2. The van der Waals surface area contributed by atoms with Gasteiger partial charge in [-0.3, -0.25) is 4.79 Å². The van der Waals surface area contributed by atoms with E-state index in [1.165, 1.54) is 0 Å². The van der Waals surface area contributed by atoms with Crippen LogP contribution in [0.1, 0.15) is 15.9 Å². The number of hydrogen-bond acceptors (Lipinski definition) is 3. The predicted molar refractivity (Wildman–Crippen MR) is 85.8 cm³/mol. The standard InChI is InChI=1S/C16H13ClN2O2/c1-3-9-6-13-14(8-15(9)21-2)19-16(20)11-5-4-10(17)7-12(11)18-13/h3-8,18H,1H2,2H3,(H,19,20). The fraction of sp³-hybridized carbons (Fsp3) is 0.0625. The van der Waals surface area contributed by atoms with Crippen LogP contribution in [-0.4, -0.2) is 13.0 Å². The molecule has 2 aromatic rings. The van der Waals surface area contributed by atoms with Crippen LogP contribution in [0.4, 0.5) is 17.1 Å². The summed E-state index contributed by atoms with van der Waals surface area (Å²) in [5.41, 5.74) is 3.45. The third-order valence-corrected chi connectivity index (χ3v) is 3.57. The minimum absolute atomic E-state index is 0.193. The van der Waals surface area contributed by atoms with Gasteiger partial charge >= 0.3 is 0 Å². The van der Waals surface area contributed by atoms with Crippen molar-refractivity contribution in [3.05, 3.63) is 53.1 Å². The molecule has 106 valence electrons. The summed E-state index contributed by atoms with van der Waals surface area (Å²) in [7, 11) is 1.58. The molecule has 2 N–H and O–H groups in total. The smallest absolute Gasteiger partial charge is 0.257 e. The summed E-state index contributed by atoms with van der Waals surface area (Å²) in [4.78, 5) is 12.3. The maximum absolute atomic E-state index is 12.3. The van der Waals surface area contributed by atoms with Crippen LogP contribution in [0, 0.1) is 0 Å². The number of carbonyl (C=O) groups is 1. The van der Waals surface area contributed by atoms with E-state index in [1.807, 2.05) is 6.07 Å². The van der Waals surface area contributed by atoms with Crippen LogP contribution in [0.3, 0.4) is 0 Å². The van der Waals surface area contributed by atoms with Crippen LogP contribution in [0.5, 0.6) is 5.75 Å². The second-order valence-corrected chi connectivity index (χ2v) is 5.05. The van der Waals surface area contributed by atoms with E-state index < -0.39 is 0 Å². The zero-order valence-corrected chi connectivity index (χ0v) is 12.1. The van der Waals surface area contributed by atoms with Crippen molar-refractivity contribution in [1.29, 1.82) is 0 Å². The van der Waals surface area contributed by atoms with Crippen LogP contribution in [-0.2, 0) is 0 Å². The number of ether oxygens (including phenoxy) is 1. The Bertz CT molecular complexity index is 756. The van der Waals surface area contributed by atoms with Gasteiger partial charge in [-0.2, -0.15) is 0 Å². The molecule has 0 bridgehead atoms. The van der Waals surface area contributed by atoms with E-state index in [0.717, 1.165) is 11.3 Å². The van der Waals surface area contributed by atoms with Crippen LogP contribution in [0.15, 0.2) is 36.9 Å². The summed E-state index contributed by atoms with van der Waals surface area (Å²) in [5, 5.41) is 6.66. The monoisotopic (exact) mass is 300 g/mol. The van der Waals surface area contributed by atoms with Gasteiger partial charge in [-0.1, -0.05) is 24.3 Å². The molecule has 1 aliphatic rings. The van der Waals surface area contributed by atoms with E-state index in [2.05, 4.69) is 17.2 Å². The molecule has 0 spiro atoms. The zero-order chi connectivity index (χ0) is 15.0. The number of amides is 1. The Morgan fingerprint density at radius 3 is 2.62 bits per heavy atom. The molecule has 0 aliphatic carbocycles. The molecular weight excluding hydrogens is 288 g/mol. The lowest BCUT2D eigenvalue weighted by atomic mass is 10.1. The minimum atomic E-state index is -0.193. The Morgan fingerprint density at radius 2 is 1.90 bits per heavy atom. The van der Waals surface area contributed by atoms with E-state index >= 15 is 0 Å². The Labute approximate surface area is 127 Å². The van der Waals surface area contributed by atoms with Crippen LogP contribution >= 0.6 is 11.6 Å². The van der Waals surface area contributed by atoms with Crippen LogP contribution < -0.4 is 15.4 Å². The third kappa shape index (κ3) is 2.34. The number of nitrogens with one attached hydrogen (secondary N) is 2. The molecule has 0 aromatic heterocycles. The SMILES string of the molecule is C=Cc1cc2c(cc1OC)NC(=O)c1ccc(Cl)cc1N2. The van der Waals surface area contributed by atoms with E-state index in [9.17, 15) is 4.79 Å². The zero-order valence-electron chi connectivity index (χ0n) is 11.4. The van der Waals surface area contributed by atoms with Crippen molar-refractivity contribution < 1.29 is 9.53 Å². The third-order valence-electron chi connectivity index (χ3n) is 3.33. The second-order valence-electron chi connectivity index (χ2n) is 4.61. The molecule has 21 heavy (non-hydrogen) atoms. The van der Waals surface area contributed by atoms with Gasteiger partial charge in [0.1, 0.15) is 5.75 Å². The van der Waals surface area contributed by atoms with Gasteiger partial charge in [-0.05, 0) is 24.3 Å². The molecule has 0 saturated carbocycles. The van der Waals surface area contributed by atoms with Crippen molar-refractivity contribution in [2.45, 2.75) is 0 Å². The first kappa shape index (κ1) is 13.5. The van der Waals surface area contributed by atoms with Crippen molar-refractivity contribution in [3.63, 3.8) is 0 Å².